The molecular weight excluding hydrogens is 240 g/mol. The Morgan fingerprint density at radius 2 is 2.21 bits per heavy atom. The van der Waals surface area contributed by atoms with E-state index >= 15 is 0 Å². The summed E-state index contributed by atoms with van der Waals surface area (Å²) in [5.74, 6) is 2.74. The summed E-state index contributed by atoms with van der Waals surface area (Å²) in [6.07, 6.45) is 2.28. The lowest BCUT2D eigenvalue weighted by molar-refractivity contribution is -0.139. The normalized spacial score (nSPS) is 20.9. The standard InChI is InChI=1S/C15H22N2O2/c1-10-3-6-14(19-10)9-17(13-4-5-13)15(18)11(2)12-7-16-8-12/h3,6,11-13,16H,4-5,7-9H2,1-2H3. The minimum Gasteiger partial charge on any atom is -0.464 e. The predicted molar refractivity (Wildman–Crippen MR) is 72.5 cm³/mol. The van der Waals surface area contributed by atoms with Crippen molar-refractivity contribution in [3.8, 4) is 0 Å². The summed E-state index contributed by atoms with van der Waals surface area (Å²) in [6.45, 7) is 6.59. The maximum Gasteiger partial charge on any atom is 0.226 e. The molecule has 0 radical (unpaired) electrons. The molecule has 1 N–H and O–H groups in total. The first-order valence-corrected chi connectivity index (χ1v) is 7.21. The highest BCUT2D eigenvalue weighted by Gasteiger charge is 2.38. The Morgan fingerprint density at radius 1 is 1.47 bits per heavy atom. The van der Waals surface area contributed by atoms with Crippen molar-refractivity contribution in [1.82, 2.24) is 10.2 Å². The number of nitrogens with zero attached hydrogens (tertiary/aromatic N) is 1. The van der Waals surface area contributed by atoms with Gasteiger partial charge in [-0.15, -0.1) is 0 Å². The van der Waals surface area contributed by atoms with Gasteiger partial charge in [-0.2, -0.15) is 0 Å². The molecule has 2 fully saturated rings. The molecule has 1 unspecified atom stereocenters. The molecule has 3 rings (SSSR count). The molecule has 2 heterocycles. The molecule has 1 aliphatic heterocycles. The summed E-state index contributed by atoms with van der Waals surface area (Å²) in [4.78, 5) is 14.7. The molecule has 104 valence electrons. The van der Waals surface area contributed by atoms with Crippen LogP contribution in [0.25, 0.3) is 0 Å². The van der Waals surface area contributed by atoms with Crippen LogP contribution >= 0.6 is 0 Å². The molecule has 1 aliphatic carbocycles. The van der Waals surface area contributed by atoms with Crippen LogP contribution in [0, 0.1) is 18.8 Å². The number of rotatable bonds is 5. The minimum absolute atomic E-state index is 0.123. The van der Waals surface area contributed by atoms with Crippen LogP contribution in [0.15, 0.2) is 16.5 Å². The Balaban J connectivity index is 1.67. The van der Waals surface area contributed by atoms with Crippen LogP contribution < -0.4 is 5.32 Å². The van der Waals surface area contributed by atoms with Gasteiger partial charge in [0.25, 0.3) is 0 Å². The molecule has 1 amide bonds. The number of carbonyl (C=O) groups excluding carboxylic acids is 1. The molecule has 0 bridgehead atoms. The Hall–Kier alpha value is -1.29. The summed E-state index contributed by atoms with van der Waals surface area (Å²) >= 11 is 0. The van der Waals surface area contributed by atoms with Crippen molar-refractivity contribution in [2.45, 2.75) is 39.3 Å². The Morgan fingerprint density at radius 3 is 2.68 bits per heavy atom. The average Bonchev–Trinajstić information content (AvgIpc) is 3.07. The second-order valence-electron chi connectivity index (χ2n) is 5.92. The Bertz CT molecular complexity index is 460. The largest absolute Gasteiger partial charge is 0.464 e. The number of carbonyl (C=O) groups is 1. The fourth-order valence-corrected chi connectivity index (χ4v) is 2.64. The smallest absolute Gasteiger partial charge is 0.226 e. The van der Waals surface area contributed by atoms with E-state index < -0.39 is 0 Å². The van der Waals surface area contributed by atoms with E-state index in [2.05, 4.69) is 12.2 Å². The van der Waals surface area contributed by atoms with E-state index in [1.165, 1.54) is 0 Å². The number of furan rings is 1. The predicted octanol–water partition coefficient (Wildman–Crippen LogP) is 1.93. The first kappa shape index (κ1) is 12.7. The molecule has 0 aromatic carbocycles. The zero-order valence-electron chi connectivity index (χ0n) is 11.7. The van der Waals surface area contributed by atoms with Crippen molar-refractivity contribution in [3.05, 3.63) is 23.7 Å². The molecule has 1 saturated heterocycles. The number of amides is 1. The van der Waals surface area contributed by atoms with Gasteiger partial charge in [0.1, 0.15) is 11.5 Å². The quantitative estimate of drug-likeness (QED) is 0.882. The van der Waals surface area contributed by atoms with Gasteiger partial charge < -0.3 is 14.6 Å². The van der Waals surface area contributed by atoms with Crippen molar-refractivity contribution in [2.24, 2.45) is 11.8 Å². The van der Waals surface area contributed by atoms with Gasteiger partial charge in [0.2, 0.25) is 5.91 Å². The summed E-state index contributed by atoms with van der Waals surface area (Å²) in [5.41, 5.74) is 0. The summed E-state index contributed by atoms with van der Waals surface area (Å²) < 4.78 is 5.62. The van der Waals surface area contributed by atoms with Crippen LogP contribution in [-0.2, 0) is 11.3 Å². The van der Waals surface area contributed by atoms with Crippen LogP contribution in [0.1, 0.15) is 31.3 Å². The van der Waals surface area contributed by atoms with Gasteiger partial charge in [-0.05, 0) is 50.9 Å². The monoisotopic (exact) mass is 262 g/mol. The van der Waals surface area contributed by atoms with E-state index in [0.717, 1.165) is 37.5 Å². The highest BCUT2D eigenvalue weighted by atomic mass is 16.3. The van der Waals surface area contributed by atoms with Gasteiger partial charge in [-0.3, -0.25) is 4.79 Å². The molecule has 0 spiro atoms. The first-order chi connectivity index (χ1) is 9.15. The van der Waals surface area contributed by atoms with Crippen LogP contribution in [0.4, 0.5) is 0 Å². The highest BCUT2D eigenvalue weighted by Crippen LogP contribution is 2.31. The molecule has 4 heteroatoms. The van der Waals surface area contributed by atoms with E-state index in [4.69, 9.17) is 4.42 Å². The van der Waals surface area contributed by atoms with Crippen LogP contribution in [0.3, 0.4) is 0 Å². The van der Waals surface area contributed by atoms with E-state index in [-0.39, 0.29) is 5.92 Å². The number of nitrogens with one attached hydrogen (secondary N) is 1. The number of hydrogen-bond donors (Lipinski definition) is 1. The first-order valence-electron chi connectivity index (χ1n) is 7.21. The fourth-order valence-electron chi connectivity index (χ4n) is 2.64. The third-order valence-electron chi connectivity index (χ3n) is 4.30. The zero-order chi connectivity index (χ0) is 13.4. The van der Waals surface area contributed by atoms with E-state index in [0.29, 0.717) is 24.4 Å². The molecule has 1 aromatic heterocycles. The highest BCUT2D eigenvalue weighted by molar-refractivity contribution is 5.79. The van der Waals surface area contributed by atoms with Gasteiger partial charge in [0.15, 0.2) is 0 Å². The lowest BCUT2D eigenvalue weighted by Gasteiger charge is -2.35. The van der Waals surface area contributed by atoms with E-state index in [1.807, 2.05) is 24.0 Å². The summed E-state index contributed by atoms with van der Waals surface area (Å²) in [7, 11) is 0. The summed E-state index contributed by atoms with van der Waals surface area (Å²) in [5, 5.41) is 3.24. The molecule has 2 aliphatic rings. The van der Waals surface area contributed by atoms with Crippen molar-refractivity contribution in [1.29, 1.82) is 0 Å². The number of hydrogen-bond acceptors (Lipinski definition) is 3. The van der Waals surface area contributed by atoms with Crippen molar-refractivity contribution < 1.29 is 9.21 Å². The van der Waals surface area contributed by atoms with Crippen LogP contribution in [-0.4, -0.2) is 29.9 Å². The van der Waals surface area contributed by atoms with Gasteiger partial charge in [-0.1, -0.05) is 6.92 Å². The SMILES string of the molecule is Cc1ccc(CN(C(=O)C(C)C2CNC2)C2CC2)o1. The second-order valence-corrected chi connectivity index (χ2v) is 5.92. The maximum atomic E-state index is 12.6. The topological polar surface area (TPSA) is 45.5 Å². The van der Waals surface area contributed by atoms with Crippen molar-refractivity contribution in [2.75, 3.05) is 13.1 Å². The fraction of sp³-hybridized carbons (Fsp3) is 0.667. The summed E-state index contributed by atoms with van der Waals surface area (Å²) in [6, 6.07) is 4.38. The number of aryl methyl sites for hydroxylation is 1. The Labute approximate surface area is 114 Å². The van der Waals surface area contributed by atoms with Gasteiger partial charge in [0, 0.05) is 12.0 Å². The third-order valence-corrected chi connectivity index (χ3v) is 4.30. The molecule has 1 atom stereocenters. The molecular formula is C15H22N2O2. The van der Waals surface area contributed by atoms with E-state index in [1.54, 1.807) is 0 Å². The van der Waals surface area contributed by atoms with Crippen molar-refractivity contribution in [3.63, 3.8) is 0 Å². The lowest BCUT2D eigenvalue weighted by Crippen LogP contribution is -2.50. The van der Waals surface area contributed by atoms with Gasteiger partial charge >= 0.3 is 0 Å². The molecule has 1 saturated carbocycles. The molecule has 4 nitrogen and oxygen atoms in total. The third kappa shape index (κ3) is 2.68. The second kappa shape index (κ2) is 5.00. The minimum atomic E-state index is 0.123. The average molecular weight is 262 g/mol. The van der Waals surface area contributed by atoms with E-state index in [9.17, 15) is 4.79 Å². The zero-order valence-corrected chi connectivity index (χ0v) is 11.7. The molecule has 19 heavy (non-hydrogen) atoms. The Kier molecular flexibility index (Phi) is 3.35. The lowest BCUT2D eigenvalue weighted by atomic mass is 9.88. The van der Waals surface area contributed by atoms with Gasteiger partial charge in [0.05, 0.1) is 6.54 Å². The van der Waals surface area contributed by atoms with Crippen LogP contribution in [0.2, 0.25) is 0 Å². The molecule has 1 aromatic rings. The van der Waals surface area contributed by atoms with Crippen LogP contribution in [0.5, 0.6) is 0 Å². The van der Waals surface area contributed by atoms with Crippen molar-refractivity contribution >= 4 is 5.91 Å². The van der Waals surface area contributed by atoms with Gasteiger partial charge in [-0.25, -0.2) is 0 Å². The maximum absolute atomic E-state index is 12.6.